The summed E-state index contributed by atoms with van der Waals surface area (Å²) in [6.07, 6.45) is 4.54. The molecule has 20 N–H and O–H groups in total. The largest absolute Gasteiger partial charge is 0.480 e. The predicted molar refractivity (Wildman–Crippen MR) is 424 cm³/mol. The van der Waals surface area contributed by atoms with Gasteiger partial charge in [-0.1, -0.05) is 89.5 Å². The molecule has 3 heterocycles. The number of aliphatic hydroxyl groups excluding tert-OH is 1. The van der Waals surface area contributed by atoms with Crippen LogP contribution in [0.5, 0.6) is 0 Å². The summed E-state index contributed by atoms with van der Waals surface area (Å²) < 4.78 is 0. The highest BCUT2D eigenvalue weighted by atomic mass is 32.2. The maximum atomic E-state index is 14.9. The van der Waals surface area contributed by atoms with Crippen LogP contribution in [0.1, 0.15) is 200 Å². The third-order valence-corrected chi connectivity index (χ3v) is 20.8. The van der Waals surface area contributed by atoms with Crippen LogP contribution in [0.2, 0.25) is 0 Å². The van der Waals surface area contributed by atoms with E-state index < -0.39 is 223 Å². The second kappa shape index (κ2) is 49.2. The number of carboxylic acid groups (broad SMARTS) is 1. The number of aliphatic hydroxyl groups is 1. The van der Waals surface area contributed by atoms with Gasteiger partial charge in [-0.2, -0.15) is 11.8 Å². The number of hydrogen-bond donors (Lipinski definition) is 17. The molecule has 16 amide bonds. The highest BCUT2D eigenvalue weighted by molar-refractivity contribution is 7.98. The Labute approximate surface area is 673 Å². The zero-order valence-electron chi connectivity index (χ0n) is 69.2. The lowest BCUT2D eigenvalue weighted by molar-refractivity contribution is -0.146. The molecule has 0 aliphatic carbocycles. The molecule has 0 bridgehead atoms. The van der Waals surface area contributed by atoms with Gasteiger partial charge in [-0.15, -0.1) is 0 Å². The monoisotopic (exact) mass is 1630 g/mol. The van der Waals surface area contributed by atoms with Crippen LogP contribution in [0.25, 0.3) is 0 Å². The van der Waals surface area contributed by atoms with E-state index in [1.165, 1.54) is 40.3 Å². The highest BCUT2D eigenvalue weighted by Gasteiger charge is 2.46. The molecule has 0 aromatic carbocycles. The molecule has 37 nitrogen and oxygen atoms in total. The van der Waals surface area contributed by atoms with Gasteiger partial charge in [0.15, 0.2) is 0 Å². The number of likely N-dealkylation sites (tertiary alicyclic amines) is 3. The van der Waals surface area contributed by atoms with Gasteiger partial charge in [0, 0.05) is 19.6 Å². The number of carbonyl (C=O) groups excluding carboxylic acids is 16. The van der Waals surface area contributed by atoms with Crippen molar-refractivity contribution in [3.63, 3.8) is 0 Å². The number of nitrogens with one attached hydrogen (secondary N) is 12. The van der Waals surface area contributed by atoms with Crippen LogP contribution in [0, 0.1) is 35.5 Å². The minimum absolute atomic E-state index is 0.0239. The summed E-state index contributed by atoms with van der Waals surface area (Å²) in [7, 11) is 0. The number of thioether (sulfide) groups is 1. The van der Waals surface area contributed by atoms with Gasteiger partial charge in [-0.3, -0.25) is 76.7 Å². The van der Waals surface area contributed by atoms with Crippen LogP contribution in [0.4, 0.5) is 0 Å². The van der Waals surface area contributed by atoms with Crippen molar-refractivity contribution in [3.05, 3.63) is 0 Å². The normalized spacial score (nSPS) is 18.9. The zero-order chi connectivity index (χ0) is 86.1. The number of amides is 16. The molecule has 3 aliphatic heterocycles. The molecule has 3 saturated heterocycles. The number of carboxylic acids is 1. The van der Waals surface area contributed by atoms with Gasteiger partial charge in [0.25, 0.3) is 0 Å². The number of primary amides is 1. The first kappa shape index (κ1) is 99.4. The minimum atomic E-state index is -1.62. The summed E-state index contributed by atoms with van der Waals surface area (Å²) in [5.41, 5.74) is 17.4. The van der Waals surface area contributed by atoms with Gasteiger partial charge in [-0.25, -0.2) is 4.79 Å². The lowest BCUT2D eigenvalue weighted by Crippen LogP contribution is -2.61. The first-order valence-electron chi connectivity index (χ1n) is 40.1. The fourth-order valence-electron chi connectivity index (χ4n) is 13.7. The Morgan fingerprint density at radius 3 is 1.29 bits per heavy atom. The molecule has 114 heavy (non-hydrogen) atoms. The number of rotatable bonds is 49. The number of nitrogens with zero attached hydrogens (tertiary/aromatic N) is 3. The van der Waals surface area contributed by atoms with Gasteiger partial charge in [0.05, 0.1) is 25.6 Å². The van der Waals surface area contributed by atoms with Crippen LogP contribution in [-0.2, 0) is 81.5 Å². The molecular formula is C76H132N18O19S. The van der Waals surface area contributed by atoms with Crippen molar-refractivity contribution < 1.29 is 91.7 Å². The maximum absolute atomic E-state index is 14.9. The van der Waals surface area contributed by atoms with Crippen molar-refractivity contribution in [3.8, 4) is 0 Å². The highest BCUT2D eigenvalue weighted by Crippen LogP contribution is 2.27. The smallest absolute Gasteiger partial charge is 0.326 e. The Balaban J connectivity index is 1.76. The summed E-state index contributed by atoms with van der Waals surface area (Å²) >= 11 is 1.50. The summed E-state index contributed by atoms with van der Waals surface area (Å²) in [6, 6.07) is -18.7. The predicted octanol–water partition coefficient (Wildman–Crippen LogP) is -2.50. The molecular weight excluding hydrogens is 1500 g/mol. The number of aliphatic carboxylic acids is 1. The topological polar surface area (TPSA) is 563 Å². The molecule has 0 spiro atoms. The molecule has 38 heteroatoms. The molecule has 0 radical (unpaired) electrons. The van der Waals surface area contributed by atoms with Crippen molar-refractivity contribution in [2.75, 3.05) is 51.3 Å². The standard InChI is InChI=1S/C76H132N18O19S/c1-16-44(12)61(75(111)94-30-21-24-56(94)70(106)87-52(36-58(79)96)74(110)93-29-19-23-55(93)69(105)86-50(33-40(4)5)66(102)88-53(76(112)113)35-42(8)9)91-71(107)57-25-20-28-92(57)73(109)48(22-17-18-27-77)83-59(97)37-80-72(108)60(43(10)11)90-67(103)51(34-41(6)7)84-65(101)49(32-39(2)3)85-68(104)54(38-95)89-63(99)46(14)81-62(98)45(13)82-64(100)47(78)26-31-114-15/h39-57,60-61,95H,16-38,77-78H2,1-15H3,(H2,79,96)(H,80,108)(H,81,98)(H,82,100)(H,83,97)(H,84,101)(H,85,104)(H,86,105)(H,87,106)(H,88,102)(H,89,99)(H,90,103)(H,91,107)(H,112,113)/t44-,45-,46-,47-,48-,49-,50-,51-,52-,53-,54-,55-,56-,57-,60-,61-/m0/s1. The van der Waals surface area contributed by atoms with Crippen LogP contribution in [-0.4, -0.2) is 267 Å². The molecule has 3 aliphatic rings. The molecule has 0 unspecified atom stereocenters. The van der Waals surface area contributed by atoms with Crippen LogP contribution in [0.3, 0.4) is 0 Å². The Morgan fingerprint density at radius 2 is 0.851 bits per heavy atom. The SMILES string of the molecule is CC[C@H](C)[C@H](NC(=O)[C@@H]1CCCN1C(=O)[C@H](CCCCN)NC(=O)CNC(=O)[C@@H](NC(=O)[C@H](CC(C)C)NC(=O)[C@H](CC(C)C)NC(=O)[C@H](CO)NC(=O)[C@H](C)NC(=O)[C@H](C)NC(=O)[C@@H](N)CCSC)C(C)C)C(=O)N1CCC[C@H]1C(=O)N[C@@H](CC(N)=O)C(=O)N1CCC[C@H]1C(=O)N[C@@H](CC(C)C)C(=O)N[C@@H](CC(C)C)C(=O)O. The lowest BCUT2D eigenvalue weighted by atomic mass is 9.96. The van der Waals surface area contributed by atoms with E-state index in [1.54, 1.807) is 69.2 Å². The quantitative estimate of drug-likeness (QED) is 0.0280. The first-order chi connectivity index (χ1) is 53.5. The van der Waals surface area contributed by atoms with Crippen molar-refractivity contribution >= 4 is 112 Å². The van der Waals surface area contributed by atoms with E-state index in [0.717, 1.165) is 0 Å². The Morgan fingerprint density at radius 1 is 0.447 bits per heavy atom. The Kier molecular flexibility index (Phi) is 42.9. The average molecular weight is 1630 g/mol. The molecule has 16 atom stereocenters. The summed E-state index contributed by atoms with van der Waals surface area (Å²) in [5.74, 6) is -14.8. The number of nitrogens with two attached hydrogens (primary N) is 3. The van der Waals surface area contributed by atoms with Gasteiger partial charge in [-0.05, 0) is 158 Å². The van der Waals surface area contributed by atoms with Crippen molar-refractivity contribution in [2.24, 2.45) is 52.7 Å². The number of hydrogen-bond acceptors (Lipinski definition) is 21. The minimum Gasteiger partial charge on any atom is -0.480 e. The van der Waals surface area contributed by atoms with E-state index in [0.29, 0.717) is 50.7 Å². The summed E-state index contributed by atoms with van der Waals surface area (Å²) in [6.45, 7) is 22.6. The average Bonchev–Trinajstić information content (AvgIpc) is 1.63. The van der Waals surface area contributed by atoms with Gasteiger partial charge >= 0.3 is 5.97 Å². The molecule has 0 aromatic rings. The second-order valence-corrected chi connectivity index (χ2v) is 33.2. The molecule has 3 rings (SSSR count). The van der Waals surface area contributed by atoms with Crippen molar-refractivity contribution in [1.82, 2.24) is 78.5 Å². The second-order valence-electron chi connectivity index (χ2n) is 32.2. The summed E-state index contributed by atoms with van der Waals surface area (Å²) in [4.78, 5) is 238. The van der Waals surface area contributed by atoms with E-state index in [-0.39, 0.29) is 101 Å². The Bertz CT molecular complexity index is 3310. The van der Waals surface area contributed by atoms with Crippen molar-refractivity contribution in [1.29, 1.82) is 0 Å². The van der Waals surface area contributed by atoms with Crippen molar-refractivity contribution in [2.45, 2.75) is 290 Å². The van der Waals surface area contributed by atoms with E-state index >= 15 is 0 Å². The van der Waals surface area contributed by atoms with E-state index in [4.69, 9.17) is 17.2 Å². The molecule has 3 fully saturated rings. The van der Waals surface area contributed by atoms with E-state index in [2.05, 4.69) is 63.8 Å². The zero-order valence-corrected chi connectivity index (χ0v) is 70.0. The van der Waals surface area contributed by atoms with Crippen LogP contribution < -0.4 is 81.0 Å². The number of carbonyl (C=O) groups is 17. The van der Waals surface area contributed by atoms with Crippen LogP contribution in [0.15, 0.2) is 0 Å². The van der Waals surface area contributed by atoms with Gasteiger partial charge in [0.2, 0.25) is 94.5 Å². The molecule has 646 valence electrons. The fourth-order valence-corrected chi connectivity index (χ4v) is 14.2. The summed E-state index contributed by atoms with van der Waals surface area (Å²) in [5, 5.41) is 51.3. The lowest BCUT2D eigenvalue weighted by Gasteiger charge is -2.34. The van der Waals surface area contributed by atoms with Crippen LogP contribution >= 0.6 is 11.8 Å². The number of unbranched alkanes of at least 4 members (excludes halogenated alkanes) is 1. The fraction of sp³-hybridized carbons (Fsp3) is 0.776. The van der Waals surface area contributed by atoms with Gasteiger partial charge in [0.1, 0.15) is 84.6 Å². The van der Waals surface area contributed by atoms with E-state index in [1.807, 2.05) is 20.1 Å². The third-order valence-electron chi connectivity index (χ3n) is 20.2. The van der Waals surface area contributed by atoms with E-state index in [9.17, 15) is 91.7 Å². The molecule has 0 saturated carbocycles. The Hall–Kier alpha value is -8.78. The van der Waals surface area contributed by atoms with Gasteiger partial charge < -0.3 is 106 Å². The maximum Gasteiger partial charge on any atom is 0.326 e. The first-order valence-corrected chi connectivity index (χ1v) is 41.5. The third kappa shape index (κ3) is 32.1. The molecule has 0 aromatic heterocycles.